The highest BCUT2D eigenvalue weighted by molar-refractivity contribution is 6.49. The summed E-state index contributed by atoms with van der Waals surface area (Å²) in [7, 11) is 3.51. The Kier molecular flexibility index (Phi) is 4.00. The molecule has 0 fully saturated rings. The van der Waals surface area contributed by atoms with Gasteiger partial charge in [0.05, 0.1) is 5.71 Å². The zero-order valence-corrected chi connectivity index (χ0v) is 9.96. The van der Waals surface area contributed by atoms with Crippen molar-refractivity contribution in [2.24, 2.45) is 4.99 Å². The molecule has 0 amide bonds. The van der Waals surface area contributed by atoms with Crippen LogP contribution in [0.25, 0.3) is 5.57 Å². The summed E-state index contributed by atoms with van der Waals surface area (Å²) in [6.07, 6.45) is 1.50. The van der Waals surface area contributed by atoms with Crippen molar-refractivity contribution >= 4 is 23.2 Å². The second-order valence-corrected chi connectivity index (χ2v) is 3.58. The first-order valence-corrected chi connectivity index (χ1v) is 5.09. The molecule has 0 aliphatic carbocycles. The molecule has 3 nitrogen and oxygen atoms in total. The van der Waals surface area contributed by atoms with Gasteiger partial charge in [0, 0.05) is 37.1 Å². The summed E-state index contributed by atoms with van der Waals surface area (Å²) >= 11 is 0. The number of aryl methyl sites for hydroxylation is 1. The molecule has 84 valence electrons. The highest BCUT2D eigenvalue weighted by Gasteiger charge is 2.08. The lowest BCUT2D eigenvalue weighted by Crippen LogP contribution is -2.04. The molecule has 0 bridgehead atoms. The SMILES string of the molecule is C=C(C(=N)C=NC)c1cc(C)ccc1NC. The van der Waals surface area contributed by atoms with Crippen molar-refractivity contribution < 1.29 is 0 Å². The summed E-state index contributed by atoms with van der Waals surface area (Å²) in [5.41, 5.74) is 4.09. The predicted octanol–water partition coefficient (Wildman–Crippen LogP) is 2.77. The molecule has 2 N–H and O–H groups in total. The van der Waals surface area contributed by atoms with Crippen LogP contribution in [0.4, 0.5) is 5.69 Å². The van der Waals surface area contributed by atoms with Crippen LogP contribution in [0.1, 0.15) is 11.1 Å². The third-order valence-electron chi connectivity index (χ3n) is 2.35. The first-order chi connectivity index (χ1) is 7.60. The largest absolute Gasteiger partial charge is 0.388 e. The third-order valence-corrected chi connectivity index (χ3v) is 2.35. The Morgan fingerprint density at radius 3 is 2.75 bits per heavy atom. The van der Waals surface area contributed by atoms with E-state index in [1.807, 2.05) is 32.2 Å². The summed E-state index contributed by atoms with van der Waals surface area (Å²) < 4.78 is 0. The van der Waals surface area contributed by atoms with E-state index >= 15 is 0 Å². The van der Waals surface area contributed by atoms with Crippen molar-refractivity contribution in [3.63, 3.8) is 0 Å². The van der Waals surface area contributed by atoms with Crippen LogP contribution in [0, 0.1) is 12.3 Å². The third kappa shape index (κ3) is 2.57. The van der Waals surface area contributed by atoms with Crippen molar-refractivity contribution in [3.8, 4) is 0 Å². The molecule has 1 rings (SSSR count). The highest BCUT2D eigenvalue weighted by Crippen LogP contribution is 2.24. The monoisotopic (exact) mass is 215 g/mol. The first kappa shape index (κ1) is 12.2. The van der Waals surface area contributed by atoms with Gasteiger partial charge in [0.1, 0.15) is 0 Å². The number of nitrogens with one attached hydrogen (secondary N) is 2. The lowest BCUT2D eigenvalue weighted by Gasteiger charge is -2.11. The van der Waals surface area contributed by atoms with E-state index in [0.717, 1.165) is 16.8 Å². The van der Waals surface area contributed by atoms with Crippen LogP contribution >= 0.6 is 0 Å². The number of anilines is 1. The number of hydrogen-bond donors (Lipinski definition) is 2. The van der Waals surface area contributed by atoms with E-state index in [9.17, 15) is 0 Å². The van der Waals surface area contributed by atoms with Crippen LogP contribution < -0.4 is 5.32 Å². The normalized spacial score (nSPS) is 10.4. The molecular formula is C13H17N3. The van der Waals surface area contributed by atoms with E-state index in [4.69, 9.17) is 5.41 Å². The number of nitrogens with zero attached hydrogens (tertiary/aromatic N) is 1. The molecule has 1 aromatic carbocycles. The Balaban J connectivity index is 3.16. The Bertz CT molecular complexity index is 444. The van der Waals surface area contributed by atoms with Crippen LogP contribution in [-0.4, -0.2) is 26.0 Å². The molecule has 0 aromatic heterocycles. The maximum atomic E-state index is 7.80. The zero-order valence-electron chi connectivity index (χ0n) is 9.96. The van der Waals surface area contributed by atoms with Gasteiger partial charge < -0.3 is 5.32 Å². The Morgan fingerprint density at radius 2 is 2.19 bits per heavy atom. The lowest BCUT2D eigenvalue weighted by atomic mass is 9.99. The number of aliphatic imine (C=N–C) groups is 1. The predicted molar refractivity (Wildman–Crippen MR) is 71.9 cm³/mol. The number of hydrogen-bond acceptors (Lipinski definition) is 3. The second-order valence-electron chi connectivity index (χ2n) is 3.58. The fraction of sp³-hybridized carbons (Fsp3) is 0.231. The van der Waals surface area contributed by atoms with Gasteiger partial charge in [-0.1, -0.05) is 18.2 Å². The molecule has 16 heavy (non-hydrogen) atoms. The van der Waals surface area contributed by atoms with Gasteiger partial charge in [0.15, 0.2) is 0 Å². The van der Waals surface area contributed by atoms with Gasteiger partial charge in [-0.2, -0.15) is 0 Å². The number of benzene rings is 1. The fourth-order valence-electron chi connectivity index (χ4n) is 1.48. The quantitative estimate of drug-likeness (QED) is 0.745. The van der Waals surface area contributed by atoms with Crippen LogP contribution in [0.5, 0.6) is 0 Å². The van der Waals surface area contributed by atoms with Gasteiger partial charge in [-0.05, 0) is 19.1 Å². The van der Waals surface area contributed by atoms with Crippen LogP contribution in [0.15, 0.2) is 29.8 Å². The van der Waals surface area contributed by atoms with Gasteiger partial charge >= 0.3 is 0 Å². The van der Waals surface area contributed by atoms with Gasteiger partial charge in [0.2, 0.25) is 0 Å². The van der Waals surface area contributed by atoms with Gasteiger partial charge in [-0.3, -0.25) is 10.4 Å². The van der Waals surface area contributed by atoms with E-state index in [2.05, 4.69) is 16.9 Å². The summed E-state index contributed by atoms with van der Waals surface area (Å²) in [6.45, 7) is 5.96. The maximum Gasteiger partial charge on any atom is 0.0791 e. The molecular weight excluding hydrogens is 198 g/mol. The molecule has 0 radical (unpaired) electrons. The van der Waals surface area contributed by atoms with Crippen molar-refractivity contribution in [3.05, 3.63) is 35.9 Å². The molecule has 1 aromatic rings. The average molecular weight is 215 g/mol. The minimum Gasteiger partial charge on any atom is -0.388 e. The standard InChI is InChI=1S/C13H17N3/c1-9-5-6-13(16-4)11(7-9)10(2)12(14)8-15-3/h5-8,14,16H,2H2,1,3-4H3. The zero-order chi connectivity index (χ0) is 12.1. The number of rotatable bonds is 4. The summed E-state index contributed by atoms with van der Waals surface area (Å²) in [5.74, 6) is 0. The van der Waals surface area contributed by atoms with Crippen LogP contribution in [-0.2, 0) is 0 Å². The molecule has 0 saturated carbocycles. The summed E-state index contributed by atoms with van der Waals surface area (Å²) in [4.78, 5) is 3.83. The van der Waals surface area contributed by atoms with E-state index in [0.29, 0.717) is 11.3 Å². The molecule has 0 aliphatic heterocycles. The molecule has 3 heteroatoms. The Morgan fingerprint density at radius 1 is 1.50 bits per heavy atom. The molecule has 0 saturated heterocycles. The minimum absolute atomic E-state index is 0.338. The van der Waals surface area contributed by atoms with Gasteiger partial charge in [-0.25, -0.2) is 0 Å². The van der Waals surface area contributed by atoms with Crippen LogP contribution in [0.3, 0.4) is 0 Å². The first-order valence-electron chi connectivity index (χ1n) is 5.09. The van der Waals surface area contributed by atoms with Crippen molar-refractivity contribution in [2.45, 2.75) is 6.92 Å². The van der Waals surface area contributed by atoms with Crippen molar-refractivity contribution in [1.29, 1.82) is 5.41 Å². The van der Waals surface area contributed by atoms with Gasteiger partial charge in [0.25, 0.3) is 0 Å². The van der Waals surface area contributed by atoms with E-state index in [1.54, 1.807) is 7.05 Å². The van der Waals surface area contributed by atoms with Crippen LogP contribution in [0.2, 0.25) is 0 Å². The van der Waals surface area contributed by atoms with E-state index in [-0.39, 0.29) is 0 Å². The summed E-state index contributed by atoms with van der Waals surface area (Å²) in [6, 6.07) is 6.04. The Labute approximate surface area is 96.4 Å². The molecule has 0 heterocycles. The average Bonchev–Trinajstić information content (AvgIpc) is 2.28. The number of allylic oxidation sites excluding steroid dienone is 1. The van der Waals surface area contributed by atoms with E-state index in [1.165, 1.54) is 6.21 Å². The van der Waals surface area contributed by atoms with Gasteiger partial charge in [-0.15, -0.1) is 0 Å². The second kappa shape index (κ2) is 5.26. The maximum absolute atomic E-state index is 7.80. The fourth-order valence-corrected chi connectivity index (χ4v) is 1.48. The molecule has 0 aliphatic rings. The Hall–Kier alpha value is -1.90. The molecule has 0 unspecified atom stereocenters. The molecule has 0 atom stereocenters. The van der Waals surface area contributed by atoms with Crippen molar-refractivity contribution in [2.75, 3.05) is 19.4 Å². The lowest BCUT2D eigenvalue weighted by molar-refractivity contribution is 1.41. The highest BCUT2D eigenvalue weighted by atomic mass is 14.8. The minimum atomic E-state index is 0.338. The smallest absolute Gasteiger partial charge is 0.0791 e. The van der Waals surface area contributed by atoms with Crippen molar-refractivity contribution in [1.82, 2.24) is 0 Å². The van der Waals surface area contributed by atoms with E-state index < -0.39 is 0 Å². The summed E-state index contributed by atoms with van der Waals surface area (Å²) in [5, 5.41) is 10.9. The topological polar surface area (TPSA) is 48.2 Å². The molecule has 0 spiro atoms.